The Hall–Kier alpha value is -1.82. The normalized spacial score (nSPS) is 14.6. The van der Waals surface area contributed by atoms with Gasteiger partial charge in [-0.3, -0.25) is 9.48 Å². The molecule has 0 bridgehead atoms. The first-order chi connectivity index (χ1) is 9.13. The van der Waals surface area contributed by atoms with Crippen molar-refractivity contribution in [3.63, 3.8) is 0 Å². The number of anilines is 2. The first kappa shape index (κ1) is 12.2. The van der Waals surface area contributed by atoms with Crippen LogP contribution in [0.25, 0.3) is 0 Å². The standard InChI is InChI=1S/C12H14ClN5O/c1-17-7-9(4-14-17)16-11-10(13)5-15-18(12(11)19)6-8-2-3-8/h4-5,7-8,16H,2-3,6H2,1H3. The first-order valence-electron chi connectivity index (χ1n) is 6.15. The smallest absolute Gasteiger partial charge is 0.291 e. The Morgan fingerprint density at radius 1 is 1.42 bits per heavy atom. The highest BCUT2D eigenvalue weighted by molar-refractivity contribution is 6.33. The first-order valence-corrected chi connectivity index (χ1v) is 6.52. The molecule has 1 aliphatic carbocycles. The number of nitrogens with one attached hydrogen (secondary N) is 1. The van der Waals surface area contributed by atoms with E-state index in [2.05, 4.69) is 15.5 Å². The summed E-state index contributed by atoms with van der Waals surface area (Å²) in [5, 5.41) is 11.4. The molecule has 2 heterocycles. The number of hydrogen-bond acceptors (Lipinski definition) is 4. The van der Waals surface area contributed by atoms with Crippen LogP contribution in [0.15, 0.2) is 23.4 Å². The lowest BCUT2D eigenvalue weighted by Gasteiger charge is -2.08. The van der Waals surface area contributed by atoms with Crippen LogP contribution >= 0.6 is 11.6 Å². The highest BCUT2D eigenvalue weighted by Gasteiger charge is 2.23. The van der Waals surface area contributed by atoms with Crippen molar-refractivity contribution in [1.82, 2.24) is 19.6 Å². The Morgan fingerprint density at radius 3 is 2.84 bits per heavy atom. The van der Waals surface area contributed by atoms with Crippen molar-refractivity contribution < 1.29 is 0 Å². The summed E-state index contributed by atoms with van der Waals surface area (Å²) in [4.78, 5) is 12.3. The molecular weight excluding hydrogens is 266 g/mol. The van der Waals surface area contributed by atoms with Crippen LogP contribution in [0.3, 0.4) is 0 Å². The molecule has 2 aromatic rings. The Labute approximate surface area is 115 Å². The fraction of sp³-hybridized carbons (Fsp3) is 0.417. The molecular formula is C12H14ClN5O. The topological polar surface area (TPSA) is 64.7 Å². The fourth-order valence-electron chi connectivity index (χ4n) is 1.89. The SMILES string of the molecule is Cn1cc(Nc2c(Cl)cnn(CC3CC3)c2=O)cn1. The van der Waals surface area contributed by atoms with E-state index >= 15 is 0 Å². The van der Waals surface area contributed by atoms with E-state index in [0.29, 0.717) is 23.2 Å². The molecule has 0 saturated heterocycles. The average molecular weight is 280 g/mol. The molecule has 100 valence electrons. The highest BCUT2D eigenvalue weighted by atomic mass is 35.5. The molecule has 0 radical (unpaired) electrons. The lowest BCUT2D eigenvalue weighted by molar-refractivity contribution is 0.535. The van der Waals surface area contributed by atoms with E-state index in [1.165, 1.54) is 23.7 Å². The molecule has 19 heavy (non-hydrogen) atoms. The average Bonchev–Trinajstić information content (AvgIpc) is 3.10. The third-order valence-corrected chi connectivity index (χ3v) is 3.39. The molecule has 0 spiro atoms. The van der Waals surface area contributed by atoms with Gasteiger partial charge in [-0.15, -0.1) is 0 Å². The van der Waals surface area contributed by atoms with Gasteiger partial charge in [0.25, 0.3) is 5.56 Å². The minimum Gasteiger partial charge on any atom is -0.347 e. The van der Waals surface area contributed by atoms with Crippen LogP contribution in [0.5, 0.6) is 0 Å². The third kappa shape index (κ3) is 2.63. The van der Waals surface area contributed by atoms with E-state index < -0.39 is 0 Å². The van der Waals surface area contributed by atoms with Gasteiger partial charge in [-0.2, -0.15) is 10.2 Å². The summed E-state index contributed by atoms with van der Waals surface area (Å²) in [6.07, 6.45) is 7.26. The molecule has 1 saturated carbocycles. The Kier molecular flexibility index (Phi) is 3.02. The predicted octanol–water partition coefficient (Wildman–Crippen LogP) is 1.78. The maximum absolute atomic E-state index is 12.3. The maximum atomic E-state index is 12.3. The predicted molar refractivity (Wildman–Crippen MR) is 72.7 cm³/mol. The van der Waals surface area contributed by atoms with Gasteiger partial charge in [0.2, 0.25) is 0 Å². The minimum atomic E-state index is -0.191. The van der Waals surface area contributed by atoms with Crippen LogP contribution < -0.4 is 10.9 Å². The van der Waals surface area contributed by atoms with Gasteiger partial charge >= 0.3 is 0 Å². The molecule has 3 rings (SSSR count). The number of aromatic nitrogens is 4. The van der Waals surface area contributed by atoms with Crippen LogP contribution in [0.2, 0.25) is 5.02 Å². The van der Waals surface area contributed by atoms with E-state index in [1.807, 2.05) is 7.05 Å². The van der Waals surface area contributed by atoms with Crippen molar-refractivity contribution in [2.75, 3.05) is 5.32 Å². The van der Waals surface area contributed by atoms with E-state index in [-0.39, 0.29) is 5.56 Å². The zero-order chi connectivity index (χ0) is 13.4. The van der Waals surface area contributed by atoms with Crippen LogP contribution in [0, 0.1) is 5.92 Å². The van der Waals surface area contributed by atoms with Crippen molar-refractivity contribution in [2.24, 2.45) is 13.0 Å². The Morgan fingerprint density at radius 2 is 2.21 bits per heavy atom. The second-order valence-corrected chi connectivity index (χ2v) is 5.23. The van der Waals surface area contributed by atoms with Gasteiger partial charge in [0.1, 0.15) is 5.69 Å². The molecule has 0 aliphatic heterocycles. The zero-order valence-corrected chi connectivity index (χ0v) is 11.3. The molecule has 7 heteroatoms. The quantitative estimate of drug-likeness (QED) is 0.927. The summed E-state index contributed by atoms with van der Waals surface area (Å²) in [6, 6.07) is 0. The summed E-state index contributed by atoms with van der Waals surface area (Å²) in [5.74, 6) is 0.581. The monoisotopic (exact) mass is 279 g/mol. The summed E-state index contributed by atoms with van der Waals surface area (Å²) in [5.41, 5.74) is 0.888. The van der Waals surface area contributed by atoms with Crippen LogP contribution in [-0.4, -0.2) is 19.6 Å². The maximum Gasteiger partial charge on any atom is 0.291 e. The second kappa shape index (κ2) is 4.70. The van der Waals surface area contributed by atoms with Gasteiger partial charge in [0, 0.05) is 19.8 Å². The lowest BCUT2D eigenvalue weighted by Crippen LogP contribution is -2.25. The highest BCUT2D eigenvalue weighted by Crippen LogP contribution is 2.30. The number of nitrogens with zero attached hydrogens (tertiary/aromatic N) is 4. The number of halogens is 1. The fourth-order valence-corrected chi connectivity index (χ4v) is 2.06. The van der Waals surface area contributed by atoms with E-state index in [4.69, 9.17) is 11.6 Å². The summed E-state index contributed by atoms with van der Waals surface area (Å²) >= 11 is 6.04. The number of rotatable bonds is 4. The van der Waals surface area contributed by atoms with E-state index in [9.17, 15) is 4.79 Å². The molecule has 2 aromatic heterocycles. The van der Waals surface area contributed by atoms with Gasteiger partial charge in [-0.05, 0) is 18.8 Å². The summed E-state index contributed by atoms with van der Waals surface area (Å²) in [7, 11) is 1.81. The third-order valence-electron chi connectivity index (χ3n) is 3.10. The van der Waals surface area contributed by atoms with E-state index in [1.54, 1.807) is 17.1 Å². The van der Waals surface area contributed by atoms with E-state index in [0.717, 1.165) is 5.69 Å². The lowest BCUT2D eigenvalue weighted by atomic mass is 10.4. The van der Waals surface area contributed by atoms with Gasteiger partial charge < -0.3 is 5.32 Å². The van der Waals surface area contributed by atoms with Crippen molar-refractivity contribution >= 4 is 23.0 Å². The van der Waals surface area contributed by atoms with Crippen molar-refractivity contribution in [1.29, 1.82) is 0 Å². The van der Waals surface area contributed by atoms with Crippen LogP contribution in [0.1, 0.15) is 12.8 Å². The molecule has 1 fully saturated rings. The van der Waals surface area contributed by atoms with Crippen LogP contribution in [-0.2, 0) is 13.6 Å². The summed E-state index contributed by atoms with van der Waals surface area (Å²) in [6.45, 7) is 0.664. The van der Waals surface area contributed by atoms with Crippen LogP contribution in [0.4, 0.5) is 11.4 Å². The molecule has 6 nitrogen and oxygen atoms in total. The largest absolute Gasteiger partial charge is 0.347 e. The molecule has 1 aliphatic rings. The molecule has 0 aromatic carbocycles. The van der Waals surface area contributed by atoms with Crippen molar-refractivity contribution in [2.45, 2.75) is 19.4 Å². The van der Waals surface area contributed by atoms with Gasteiger partial charge in [0.15, 0.2) is 0 Å². The molecule has 0 amide bonds. The zero-order valence-electron chi connectivity index (χ0n) is 10.5. The number of aryl methyl sites for hydroxylation is 1. The van der Waals surface area contributed by atoms with Crippen molar-refractivity contribution in [3.05, 3.63) is 34.0 Å². The van der Waals surface area contributed by atoms with Crippen molar-refractivity contribution in [3.8, 4) is 0 Å². The van der Waals surface area contributed by atoms with Gasteiger partial charge in [0.05, 0.1) is 23.1 Å². The Bertz CT molecular complexity index is 658. The molecule has 1 N–H and O–H groups in total. The second-order valence-electron chi connectivity index (χ2n) is 4.83. The minimum absolute atomic E-state index is 0.191. The molecule has 0 unspecified atom stereocenters. The summed E-state index contributed by atoms with van der Waals surface area (Å²) < 4.78 is 3.13. The van der Waals surface area contributed by atoms with Gasteiger partial charge in [-0.1, -0.05) is 11.6 Å². The Balaban J connectivity index is 1.92. The van der Waals surface area contributed by atoms with Gasteiger partial charge in [-0.25, -0.2) is 4.68 Å². The molecule has 0 atom stereocenters. The number of hydrogen-bond donors (Lipinski definition) is 1.